The van der Waals surface area contributed by atoms with E-state index >= 15 is 0 Å². The average molecular weight is 603 g/mol. The summed E-state index contributed by atoms with van der Waals surface area (Å²) in [5.41, 5.74) is 2.81. The zero-order valence-electron chi connectivity index (χ0n) is 23.6. The first-order chi connectivity index (χ1) is 20.9. The Hall–Kier alpha value is -4.29. The Morgan fingerprint density at radius 3 is 2.70 bits per heavy atom. The van der Waals surface area contributed by atoms with Gasteiger partial charge in [-0.3, -0.25) is 0 Å². The van der Waals surface area contributed by atoms with Crippen LogP contribution in [0.15, 0.2) is 51.8 Å². The fraction of sp³-hybridized carbons (Fsp3) is 0.400. The lowest BCUT2D eigenvalue weighted by atomic mass is 9.83. The first-order valence-corrected chi connectivity index (χ1v) is 14.9. The number of ether oxygens (including phenoxy) is 1. The molecule has 43 heavy (non-hydrogen) atoms. The molecule has 2 fully saturated rings. The summed E-state index contributed by atoms with van der Waals surface area (Å²) in [6.45, 7) is 4.68. The van der Waals surface area contributed by atoms with Gasteiger partial charge in [0.05, 0.1) is 29.8 Å². The fourth-order valence-electron chi connectivity index (χ4n) is 6.20. The van der Waals surface area contributed by atoms with E-state index in [4.69, 9.17) is 35.7 Å². The molecule has 222 valence electrons. The number of H-pyrrole nitrogens is 1. The molecule has 0 unspecified atom stereocenters. The van der Waals surface area contributed by atoms with Crippen molar-refractivity contribution in [2.45, 2.75) is 45.2 Å². The van der Waals surface area contributed by atoms with E-state index in [0.717, 1.165) is 24.4 Å². The van der Waals surface area contributed by atoms with E-state index < -0.39 is 5.76 Å². The summed E-state index contributed by atoms with van der Waals surface area (Å²) in [5.74, 6) is 0.842. The van der Waals surface area contributed by atoms with E-state index in [1.165, 1.54) is 19.0 Å². The molecule has 13 heteroatoms. The molecule has 5 aromatic rings. The van der Waals surface area contributed by atoms with Gasteiger partial charge in [-0.1, -0.05) is 61.7 Å². The van der Waals surface area contributed by atoms with E-state index in [1.807, 2.05) is 18.2 Å². The van der Waals surface area contributed by atoms with Crippen LogP contribution in [-0.2, 0) is 11.3 Å². The number of imidazole rings is 1. The molecule has 0 spiro atoms. The number of aromatic nitrogens is 7. The Kier molecular flexibility index (Phi) is 7.31. The smallest absolute Gasteiger partial charge is 0.434 e. The molecule has 2 aliphatic rings. The van der Waals surface area contributed by atoms with Crippen molar-refractivity contribution >= 4 is 28.7 Å². The SMILES string of the molecule is CC1CCC(Cn2c(N3CCOC[C@H]3c3ccccc3)nc3nc(-c4n[nH]c(=O)o4)nc(-c4cc(Cl)cnc4O)c32)CC1. The van der Waals surface area contributed by atoms with Crippen molar-refractivity contribution in [2.24, 2.45) is 11.8 Å². The second-order valence-corrected chi connectivity index (χ2v) is 11.8. The van der Waals surface area contributed by atoms with Gasteiger partial charge in [-0.15, -0.1) is 5.10 Å². The summed E-state index contributed by atoms with van der Waals surface area (Å²) >= 11 is 6.36. The molecule has 1 aromatic carbocycles. The molecule has 1 aliphatic heterocycles. The van der Waals surface area contributed by atoms with Gasteiger partial charge < -0.3 is 23.7 Å². The lowest BCUT2D eigenvalue weighted by Gasteiger charge is -2.37. The number of hydrogen-bond donors (Lipinski definition) is 2. The van der Waals surface area contributed by atoms with Gasteiger partial charge in [0.25, 0.3) is 5.89 Å². The number of fused-ring (bicyclic) bond motifs is 1. The monoisotopic (exact) mass is 602 g/mol. The van der Waals surface area contributed by atoms with Crippen LogP contribution in [0.25, 0.3) is 34.1 Å². The van der Waals surface area contributed by atoms with Crippen LogP contribution in [0.3, 0.4) is 0 Å². The maximum Gasteiger partial charge on any atom is 0.434 e. The number of aromatic hydroxyl groups is 1. The quantitative estimate of drug-likeness (QED) is 0.272. The maximum atomic E-state index is 11.8. The zero-order chi connectivity index (χ0) is 29.5. The van der Waals surface area contributed by atoms with Gasteiger partial charge in [0.15, 0.2) is 5.65 Å². The predicted molar refractivity (Wildman–Crippen MR) is 160 cm³/mol. The molecule has 12 nitrogen and oxygen atoms in total. The normalized spacial score (nSPS) is 21.0. The highest BCUT2D eigenvalue weighted by atomic mass is 35.5. The van der Waals surface area contributed by atoms with E-state index in [-0.39, 0.29) is 23.6 Å². The van der Waals surface area contributed by atoms with Crippen molar-refractivity contribution in [3.8, 4) is 28.9 Å². The molecule has 1 atom stereocenters. The highest BCUT2D eigenvalue weighted by Gasteiger charge is 2.33. The summed E-state index contributed by atoms with van der Waals surface area (Å²) in [6.07, 6.45) is 5.91. The lowest BCUT2D eigenvalue weighted by molar-refractivity contribution is 0.0927. The molecule has 1 saturated carbocycles. The van der Waals surface area contributed by atoms with Crippen LogP contribution < -0.4 is 10.7 Å². The van der Waals surface area contributed by atoms with E-state index in [1.54, 1.807) is 6.07 Å². The van der Waals surface area contributed by atoms with Gasteiger partial charge in [-0.2, -0.15) is 4.98 Å². The minimum Gasteiger partial charge on any atom is -0.493 e. The molecule has 0 radical (unpaired) electrons. The molecule has 1 aliphatic carbocycles. The number of anilines is 1. The number of halogens is 1. The predicted octanol–water partition coefficient (Wildman–Crippen LogP) is 4.99. The van der Waals surface area contributed by atoms with E-state index in [0.29, 0.717) is 65.6 Å². The zero-order valence-corrected chi connectivity index (χ0v) is 24.4. The first-order valence-electron chi connectivity index (χ1n) is 14.5. The third-order valence-electron chi connectivity index (χ3n) is 8.45. The van der Waals surface area contributed by atoms with Gasteiger partial charge in [0, 0.05) is 19.3 Å². The van der Waals surface area contributed by atoms with E-state index in [2.05, 4.69) is 43.7 Å². The Morgan fingerprint density at radius 1 is 1.12 bits per heavy atom. The van der Waals surface area contributed by atoms with Crippen LogP contribution >= 0.6 is 11.6 Å². The van der Waals surface area contributed by atoms with Gasteiger partial charge in [-0.05, 0) is 36.3 Å². The Morgan fingerprint density at radius 2 is 1.93 bits per heavy atom. The molecule has 0 amide bonds. The number of aromatic amines is 1. The first kappa shape index (κ1) is 27.5. The van der Waals surface area contributed by atoms with Crippen molar-refractivity contribution in [1.29, 1.82) is 0 Å². The number of rotatable bonds is 6. The molecule has 0 bridgehead atoms. The molecule has 7 rings (SSSR count). The van der Waals surface area contributed by atoms with Crippen LogP contribution in [0.1, 0.15) is 44.2 Å². The van der Waals surface area contributed by atoms with Crippen molar-refractivity contribution in [1.82, 2.24) is 34.7 Å². The second-order valence-electron chi connectivity index (χ2n) is 11.4. The number of nitrogens with zero attached hydrogens (tertiary/aromatic N) is 7. The Balaban J connectivity index is 1.47. The van der Waals surface area contributed by atoms with Crippen molar-refractivity contribution in [3.63, 3.8) is 0 Å². The summed E-state index contributed by atoms with van der Waals surface area (Å²) in [7, 11) is 0. The topological polar surface area (TPSA) is 148 Å². The molecule has 1 saturated heterocycles. The highest BCUT2D eigenvalue weighted by molar-refractivity contribution is 6.30. The van der Waals surface area contributed by atoms with Crippen LogP contribution in [0, 0.1) is 11.8 Å². The Bertz CT molecular complexity index is 1810. The summed E-state index contributed by atoms with van der Waals surface area (Å²) < 4.78 is 13.3. The largest absolute Gasteiger partial charge is 0.493 e. The Labute approximate surface area is 251 Å². The second kappa shape index (κ2) is 11.4. The van der Waals surface area contributed by atoms with Crippen LogP contribution in [0.2, 0.25) is 5.02 Å². The van der Waals surface area contributed by atoms with Crippen LogP contribution in [0.5, 0.6) is 5.88 Å². The van der Waals surface area contributed by atoms with Gasteiger partial charge >= 0.3 is 5.76 Å². The summed E-state index contributed by atoms with van der Waals surface area (Å²) in [4.78, 5) is 32.8. The van der Waals surface area contributed by atoms with E-state index in [9.17, 15) is 9.90 Å². The van der Waals surface area contributed by atoms with Gasteiger partial charge in [-0.25, -0.2) is 24.8 Å². The number of pyridine rings is 1. The van der Waals surface area contributed by atoms with Crippen molar-refractivity contribution < 1.29 is 14.3 Å². The molecule has 5 heterocycles. The average Bonchev–Trinajstić information content (AvgIpc) is 3.63. The third kappa shape index (κ3) is 5.36. The minimum absolute atomic E-state index is 0.0458. The molecular weight excluding hydrogens is 572 g/mol. The minimum atomic E-state index is -0.732. The number of benzene rings is 1. The van der Waals surface area contributed by atoms with Crippen LogP contribution in [-0.4, -0.2) is 59.6 Å². The fourth-order valence-corrected chi connectivity index (χ4v) is 6.35. The molecule has 4 aromatic heterocycles. The third-order valence-corrected chi connectivity index (χ3v) is 8.65. The summed E-state index contributed by atoms with van der Waals surface area (Å²) in [6, 6.07) is 11.8. The standard InChI is InChI=1S/C30H31ClN8O4/c1-17-7-9-18(10-8-17)15-39-24-23(21-13-20(31)14-32-27(21)40)33-26(28-36-37-30(41)43-28)34-25(24)35-29(39)38-11-12-42-16-22(38)19-5-3-2-4-6-19/h2-6,13-14,17-18,22H,7-12,15-16H2,1H3,(H,32,40)(H,37,41)/t17?,18?,22-/m0/s1. The highest BCUT2D eigenvalue weighted by Crippen LogP contribution is 2.40. The van der Waals surface area contributed by atoms with Crippen molar-refractivity contribution in [2.75, 3.05) is 24.7 Å². The lowest BCUT2D eigenvalue weighted by Crippen LogP contribution is -2.41. The molecule has 2 N–H and O–H groups in total. The molecular formula is C30H31ClN8O4. The van der Waals surface area contributed by atoms with Crippen molar-refractivity contribution in [3.05, 3.63) is 63.7 Å². The van der Waals surface area contributed by atoms with Crippen LogP contribution in [0.4, 0.5) is 5.95 Å². The number of nitrogens with one attached hydrogen (secondary N) is 1. The number of morpholine rings is 1. The summed E-state index contributed by atoms with van der Waals surface area (Å²) in [5, 5.41) is 17.5. The van der Waals surface area contributed by atoms with Gasteiger partial charge in [0.2, 0.25) is 17.7 Å². The number of hydrogen-bond acceptors (Lipinski definition) is 10. The maximum absolute atomic E-state index is 11.8. The van der Waals surface area contributed by atoms with Gasteiger partial charge in [0.1, 0.15) is 11.2 Å².